The molecular weight excluding hydrogens is 457 g/mol. The van der Waals surface area contributed by atoms with Crippen molar-refractivity contribution in [1.29, 1.82) is 0 Å². The van der Waals surface area contributed by atoms with Crippen LogP contribution in [0.3, 0.4) is 0 Å². The minimum absolute atomic E-state index is 0.0374. The molecule has 7 nitrogen and oxygen atoms in total. The Morgan fingerprint density at radius 3 is 2.48 bits per heavy atom. The van der Waals surface area contributed by atoms with E-state index >= 15 is 0 Å². The maximum Gasteiger partial charge on any atom is 0.416 e. The summed E-state index contributed by atoms with van der Waals surface area (Å²) in [5.74, 6) is 0.0205. The Bertz CT molecular complexity index is 1040. The Morgan fingerprint density at radius 2 is 1.90 bits per heavy atom. The van der Waals surface area contributed by atoms with Crippen molar-refractivity contribution in [1.82, 2.24) is 9.78 Å². The molecule has 0 bridgehead atoms. The number of aromatic nitrogens is 2. The van der Waals surface area contributed by atoms with Crippen LogP contribution in [0.15, 0.2) is 53.0 Å². The highest BCUT2D eigenvalue weighted by Gasteiger charge is 2.30. The number of nitrogens with zero attached hydrogens (tertiary/aromatic N) is 2. The largest absolute Gasteiger partial charge is 0.629 e. The zero-order valence-corrected chi connectivity index (χ0v) is 16.4. The van der Waals surface area contributed by atoms with Gasteiger partial charge in [0.1, 0.15) is 16.0 Å². The number of aryl methyl sites for hydroxylation is 1. The topological polar surface area (TPSA) is 95.8 Å². The molecule has 29 heavy (non-hydrogen) atoms. The van der Waals surface area contributed by atoms with Gasteiger partial charge in [0.05, 0.1) is 5.56 Å². The van der Waals surface area contributed by atoms with E-state index in [0.717, 1.165) is 12.1 Å². The Morgan fingerprint density at radius 1 is 1.21 bits per heavy atom. The average Bonchev–Trinajstić information content (AvgIpc) is 2.96. The normalized spacial score (nSPS) is 11.4. The zero-order valence-electron chi connectivity index (χ0n) is 14.8. The number of hydrogen-bond donors (Lipinski definition) is 2. The van der Waals surface area contributed by atoms with E-state index in [9.17, 15) is 23.2 Å². The lowest BCUT2D eigenvalue weighted by atomic mass is 10.2. The van der Waals surface area contributed by atoms with Crippen molar-refractivity contribution in [2.75, 3.05) is 5.32 Å². The molecule has 0 aliphatic heterocycles. The molecule has 0 unspecified atom stereocenters. The van der Waals surface area contributed by atoms with Crippen LogP contribution >= 0.6 is 15.9 Å². The Kier molecular flexibility index (Phi) is 5.91. The molecule has 3 N–H and O–H groups in total. The monoisotopic (exact) mass is 470 g/mol. The number of alkyl halides is 3. The highest BCUT2D eigenvalue weighted by atomic mass is 79.9. The van der Waals surface area contributed by atoms with E-state index in [1.807, 2.05) is 0 Å². The van der Waals surface area contributed by atoms with Gasteiger partial charge in [-0.25, -0.2) is 4.68 Å². The van der Waals surface area contributed by atoms with Crippen molar-refractivity contribution in [2.24, 2.45) is 7.05 Å². The number of benzene rings is 2. The molecule has 152 valence electrons. The van der Waals surface area contributed by atoms with Gasteiger partial charge in [-0.2, -0.15) is 18.3 Å². The van der Waals surface area contributed by atoms with Crippen molar-refractivity contribution in [3.63, 3.8) is 0 Å². The third-order valence-corrected chi connectivity index (χ3v) is 4.65. The van der Waals surface area contributed by atoms with Crippen molar-refractivity contribution in [3.8, 4) is 11.5 Å². The number of nitrogens with one attached hydrogen (secondary N) is 1. The van der Waals surface area contributed by atoms with E-state index in [0.29, 0.717) is 16.9 Å². The molecular formula is C18H14BrF3N4O3. The van der Waals surface area contributed by atoms with Crippen LogP contribution in [-0.4, -0.2) is 15.7 Å². The van der Waals surface area contributed by atoms with Crippen molar-refractivity contribution in [3.05, 3.63) is 69.5 Å². The summed E-state index contributed by atoms with van der Waals surface area (Å²) in [5.41, 5.74) is 0.221. The molecule has 1 amide bonds. The van der Waals surface area contributed by atoms with Gasteiger partial charge < -0.3 is 20.7 Å². The molecule has 3 aromatic rings. The van der Waals surface area contributed by atoms with Gasteiger partial charge in [-0.1, -0.05) is 6.07 Å². The number of hydrogen-bond acceptors (Lipinski definition) is 4. The minimum Gasteiger partial charge on any atom is -0.629 e. The highest BCUT2D eigenvalue weighted by molar-refractivity contribution is 9.10. The number of anilines is 1. The molecule has 0 atom stereocenters. The van der Waals surface area contributed by atoms with Gasteiger partial charge in [0.15, 0.2) is 5.69 Å². The summed E-state index contributed by atoms with van der Waals surface area (Å²) in [5, 5.41) is 17.6. The smallest absolute Gasteiger partial charge is 0.416 e. The van der Waals surface area contributed by atoms with E-state index in [1.165, 1.54) is 48.1 Å². The number of ether oxygens (including phenoxy) is 1. The molecule has 0 saturated heterocycles. The second-order valence-electron chi connectivity index (χ2n) is 5.90. The molecule has 0 aliphatic carbocycles. The highest BCUT2D eigenvalue weighted by Crippen LogP contribution is 2.33. The number of carbonyl (C=O) groups excluding carboxylic acids is 1. The first-order valence-corrected chi connectivity index (χ1v) is 8.92. The predicted molar refractivity (Wildman–Crippen MR) is 102 cm³/mol. The van der Waals surface area contributed by atoms with Crippen LogP contribution in [0.1, 0.15) is 16.1 Å². The molecule has 1 heterocycles. The first kappa shape index (κ1) is 20.8. The summed E-state index contributed by atoms with van der Waals surface area (Å²) >= 11 is 3.17. The van der Waals surface area contributed by atoms with Gasteiger partial charge in [-0.3, -0.25) is 4.79 Å². The summed E-state index contributed by atoms with van der Waals surface area (Å²) < 4.78 is 45.3. The minimum atomic E-state index is -4.46. The summed E-state index contributed by atoms with van der Waals surface area (Å²) in [6.07, 6.45) is -4.46. The van der Waals surface area contributed by atoms with Crippen molar-refractivity contribution >= 4 is 33.3 Å². The first-order chi connectivity index (χ1) is 13.7. The number of carbonyl (C=O) groups is 1. The van der Waals surface area contributed by atoms with E-state index in [1.54, 1.807) is 0 Å². The van der Waals surface area contributed by atoms with Crippen LogP contribution in [0.4, 0.5) is 24.7 Å². The lowest BCUT2D eigenvalue weighted by Gasteiger charge is -2.10. The molecule has 2 aromatic carbocycles. The van der Waals surface area contributed by atoms with Gasteiger partial charge in [-0.15, -0.1) is 0 Å². The van der Waals surface area contributed by atoms with Crippen LogP contribution in [-0.2, 0) is 13.2 Å². The zero-order chi connectivity index (χ0) is 21.2. The summed E-state index contributed by atoms with van der Waals surface area (Å²) in [4.78, 5) is 12.4. The van der Waals surface area contributed by atoms with E-state index in [2.05, 4.69) is 26.3 Å². The maximum atomic E-state index is 12.8. The molecule has 0 fully saturated rings. The molecule has 11 heteroatoms. The second kappa shape index (κ2) is 8.23. The molecule has 0 spiro atoms. The Labute approximate surface area is 171 Å². The lowest BCUT2D eigenvalue weighted by molar-refractivity contribution is -0.504. The lowest BCUT2D eigenvalue weighted by Crippen LogP contribution is -2.71. The quantitative estimate of drug-likeness (QED) is 0.552. The van der Waals surface area contributed by atoms with Crippen LogP contribution in [0.5, 0.6) is 11.5 Å². The van der Waals surface area contributed by atoms with E-state index in [4.69, 9.17) is 4.74 Å². The number of nitrogens with two attached hydrogens (primary N) is 1. The standard InChI is InChI=1S/C18H14BrF3N4O3/c1-26-16(25-28)14(19)15(24-26)17(27)23-11-5-7-12(8-6-11)29-13-4-2-3-10(9-13)18(20,21)22/h2-9H,25H2,1H3,(H,23,27). The Balaban J connectivity index is 1.70. The average molecular weight is 471 g/mol. The van der Waals surface area contributed by atoms with Gasteiger partial charge in [-0.05, 0) is 58.4 Å². The van der Waals surface area contributed by atoms with Crippen LogP contribution in [0.2, 0.25) is 0 Å². The molecule has 0 saturated carbocycles. The van der Waals surface area contributed by atoms with Crippen LogP contribution in [0.25, 0.3) is 0 Å². The van der Waals surface area contributed by atoms with Crippen molar-refractivity contribution < 1.29 is 28.2 Å². The predicted octanol–water partition coefficient (Wildman–Crippen LogP) is 3.94. The second-order valence-corrected chi connectivity index (χ2v) is 6.69. The summed E-state index contributed by atoms with van der Waals surface area (Å²) in [6, 6.07) is 10.6. The number of rotatable bonds is 5. The van der Waals surface area contributed by atoms with Crippen LogP contribution in [0, 0.1) is 5.21 Å². The van der Waals surface area contributed by atoms with Crippen molar-refractivity contribution in [2.45, 2.75) is 6.18 Å². The maximum absolute atomic E-state index is 12.8. The third kappa shape index (κ3) is 4.75. The molecule has 3 rings (SSSR count). The fraction of sp³-hybridized carbons (Fsp3) is 0.111. The summed E-state index contributed by atoms with van der Waals surface area (Å²) in [6.45, 7) is 0. The van der Waals surface area contributed by atoms with Crippen LogP contribution < -0.4 is 15.5 Å². The number of halogens is 4. The number of amides is 1. The van der Waals surface area contributed by atoms with Gasteiger partial charge in [0, 0.05) is 12.7 Å². The Hall–Kier alpha value is -2.89. The SMILES string of the molecule is Cn1nc(C(=O)Nc2ccc(Oc3cccc(C(F)(F)F)c3)cc2)c(Br)c1[NH2+][O-]. The van der Waals surface area contributed by atoms with E-state index < -0.39 is 17.6 Å². The van der Waals surface area contributed by atoms with Gasteiger partial charge >= 0.3 is 6.18 Å². The summed E-state index contributed by atoms with van der Waals surface area (Å²) in [7, 11) is 1.53. The van der Waals surface area contributed by atoms with Gasteiger partial charge in [0.25, 0.3) is 5.91 Å². The molecule has 1 aromatic heterocycles. The first-order valence-electron chi connectivity index (χ1n) is 8.13. The third-order valence-electron chi connectivity index (χ3n) is 3.87. The van der Waals surface area contributed by atoms with E-state index in [-0.39, 0.29) is 21.7 Å². The fourth-order valence-electron chi connectivity index (χ4n) is 2.45. The molecule has 0 radical (unpaired) electrons. The molecule has 0 aliphatic rings. The fourth-order valence-corrected chi connectivity index (χ4v) is 3.06. The number of quaternary nitrogens is 1. The van der Waals surface area contributed by atoms with Gasteiger partial charge in [0.2, 0.25) is 5.82 Å².